The van der Waals surface area contributed by atoms with E-state index in [9.17, 15) is 4.39 Å². The van der Waals surface area contributed by atoms with Crippen LogP contribution >= 0.6 is 11.8 Å². The first kappa shape index (κ1) is 20.7. The lowest BCUT2D eigenvalue weighted by Gasteiger charge is -2.28. The van der Waals surface area contributed by atoms with Gasteiger partial charge in [0.15, 0.2) is 6.20 Å². The Morgan fingerprint density at radius 3 is 2.39 bits per heavy atom. The summed E-state index contributed by atoms with van der Waals surface area (Å²) in [5, 5.41) is 7.21. The number of hydrogen-bond donors (Lipinski definition) is 0. The predicted octanol–water partition coefficient (Wildman–Crippen LogP) is 8.14. The Kier molecular flexibility index (Phi) is 4.41. The molecule has 0 bridgehead atoms. The quantitative estimate of drug-likeness (QED) is 0.180. The van der Waals surface area contributed by atoms with Crippen molar-refractivity contribution in [3.63, 3.8) is 0 Å². The molecule has 0 amide bonds. The van der Waals surface area contributed by atoms with Gasteiger partial charge in [-0.15, -0.1) is 0 Å². The minimum absolute atomic E-state index is 0.155. The number of benzene rings is 4. The third kappa shape index (κ3) is 3.09. The monoisotopic (exact) mass is 452 g/mol. The fourth-order valence-electron chi connectivity index (χ4n) is 5.45. The number of nitrogens with zero attached hydrogens (tertiary/aromatic N) is 1. The molecule has 164 valence electrons. The van der Waals surface area contributed by atoms with E-state index >= 15 is 0 Å². The predicted molar refractivity (Wildman–Crippen MR) is 138 cm³/mol. The summed E-state index contributed by atoms with van der Waals surface area (Å²) in [6.45, 7) is 9.21. The molecule has 5 aromatic rings. The van der Waals surface area contributed by atoms with E-state index in [0.29, 0.717) is 0 Å². The van der Waals surface area contributed by atoms with Crippen LogP contribution in [0.15, 0.2) is 70.6 Å². The standard InChI is InChI=1S/C30H27FNS/c1-17-21-8-6-7-9-23(21)24(16-30(2,3)4)29-25(17)27-26-18(12-13-32(27)5)14-19-15-20(31)10-11-22(19)28(26)33-29/h6-15H,16H2,1-5H3/q+1. The lowest BCUT2D eigenvalue weighted by molar-refractivity contribution is -0.659. The number of aromatic nitrogens is 1. The second kappa shape index (κ2) is 7.04. The number of halogens is 1. The van der Waals surface area contributed by atoms with Crippen LogP contribution in [0.5, 0.6) is 0 Å². The molecule has 1 nitrogen and oxygen atoms in total. The smallest absolute Gasteiger partial charge is 0.207 e. The van der Waals surface area contributed by atoms with Crippen LogP contribution in [0.4, 0.5) is 4.39 Å². The van der Waals surface area contributed by atoms with Gasteiger partial charge < -0.3 is 0 Å². The topological polar surface area (TPSA) is 3.88 Å². The largest absolute Gasteiger partial charge is 0.222 e. The SMILES string of the molecule is Cc1c2c(c(CC(C)(C)C)c3ccccc13)Sc1c3ccc(F)cc3cc3cc[n+](C)c-2c13. The average molecular weight is 453 g/mol. The van der Waals surface area contributed by atoms with Gasteiger partial charge in [-0.05, 0) is 75.0 Å². The Labute approximate surface area is 198 Å². The lowest BCUT2D eigenvalue weighted by atomic mass is 9.83. The molecular weight excluding hydrogens is 425 g/mol. The van der Waals surface area contributed by atoms with Gasteiger partial charge in [-0.1, -0.05) is 62.9 Å². The first-order valence-corrected chi connectivity index (χ1v) is 12.3. The summed E-state index contributed by atoms with van der Waals surface area (Å²) < 4.78 is 16.4. The number of hydrogen-bond acceptors (Lipinski definition) is 1. The van der Waals surface area contributed by atoms with E-state index in [4.69, 9.17) is 0 Å². The van der Waals surface area contributed by atoms with E-state index in [1.54, 1.807) is 12.1 Å². The second-order valence-electron chi connectivity index (χ2n) is 10.5. The maximum absolute atomic E-state index is 14.1. The molecule has 0 saturated heterocycles. The molecule has 6 rings (SSSR count). The number of fused-ring (bicyclic) bond motifs is 5. The first-order chi connectivity index (χ1) is 15.7. The molecule has 2 heterocycles. The van der Waals surface area contributed by atoms with Crippen molar-refractivity contribution in [2.45, 2.75) is 43.9 Å². The van der Waals surface area contributed by atoms with Crippen LogP contribution in [-0.2, 0) is 13.5 Å². The van der Waals surface area contributed by atoms with Crippen molar-refractivity contribution in [3.05, 3.63) is 77.7 Å². The molecule has 1 aliphatic heterocycles. The molecule has 1 aromatic heterocycles. The summed E-state index contributed by atoms with van der Waals surface area (Å²) in [5.74, 6) is -0.188. The average Bonchev–Trinajstić information content (AvgIpc) is 2.77. The molecule has 0 aliphatic carbocycles. The van der Waals surface area contributed by atoms with Gasteiger partial charge in [-0.3, -0.25) is 0 Å². The Bertz CT molecular complexity index is 1630. The third-order valence-electron chi connectivity index (χ3n) is 6.83. The van der Waals surface area contributed by atoms with Gasteiger partial charge in [0.25, 0.3) is 0 Å². The molecule has 33 heavy (non-hydrogen) atoms. The van der Waals surface area contributed by atoms with Crippen molar-refractivity contribution < 1.29 is 8.96 Å². The van der Waals surface area contributed by atoms with Gasteiger partial charge >= 0.3 is 0 Å². The van der Waals surface area contributed by atoms with Gasteiger partial charge in [0, 0.05) is 15.9 Å². The second-order valence-corrected chi connectivity index (χ2v) is 11.5. The van der Waals surface area contributed by atoms with Crippen LogP contribution < -0.4 is 4.57 Å². The Balaban J connectivity index is 1.83. The molecular formula is C30H27FNS+. The lowest BCUT2D eigenvalue weighted by Crippen LogP contribution is -2.32. The van der Waals surface area contributed by atoms with Crippen molar-refractivity contribution in [3.8, 4) is 11.3 Å². The zero-order valence-corrected chi connectivity index (χ0v) is 20.5. The Morgan fingerprint density at radius 2 is 1.64 bits per heavy atom. The fourth-order valence-corrected chi connectivity index (χ4v) is 6.92. The van der Waals surface area contributed by atoms with Crippen LogP contribution in [0, 0.1) is 18.2 Å². The van der Waals surface area contributed by atoms with E-state index in [1.165, 1.54) is 53.7 Å². The van der Waals surface area contributed by atoms with Crippen molar-refractivity contribution in [1.29, 1.82) is 0 Å². The van der Waals surface area contributed by atoms with E-state index in [1.807, 2.05) is 17.8 Å². The van der Waals surface area contributed by atoms with E-state index < -0.39 is 0 Å². The third-order valence-corrected chi connectivity index (χ3v) is 8.12. The van der Waals surface area contributed by atoms with Crippen LogP contribution in [-0.4, -0.2) is 0 Å². The van der Waals surface area contributed by atoms with E-state index in [0.717, 1.165) is 17.2 Å². The van der Waals surface area contributed by atoms with Crippen LogP contribution in [0.1, 0.15) is 31.9 Å². The normalized spacial score (nSPS) is 13.2. The van der Waals surface area contributed by atoms with Crippen molar-refractivity contribution in [1.82, 2.24) is 0 Å². The van der Waals surface area contributed by atoms with Crippen LogP contribution in [0.3, 0.4) is 0 Å². The highest BCUT2D eigenvalue weighted by Crippen LogP contribution is 2.54. The molecule has 0 unspecified atom stereocenters. The maximum atomic E-state index is 14.1. The van der Waals surface area contributed by atoms with Gasteiger partial charge in [0.1, 0.15) is 12.9 Å². The summed E-state index contributed by atoms with van der Waals surface area (Å²) in [6, 6.07) is 18.3. The first-order valence-electron chi connectivity index (χ1n) is 11.5. The highest BCUT2D eigenvalue weighted by Gasteiger charge is 2.33. The van der Waals surface area contributed by atoms with E-state index in [2.05, 4.69) is 81.9 Å². The molecule has 1 aliphatic rings. The van der Waals surface area contributed by atoms with Crippen molar-refractivity contribution in [2.24, 2.45) is 12.5 Å². The zero-order chi connectivity index (χ0) is 23.1. The summed E-state index contributed by atoms with van der Waals surface area (Å²) in [6.07, 6.45) is 3.14. The molecule has 0 spiro atoms. The molecule has 0 fully saturated rings. The minimum atomic E-state index is -0.188. The number of rotatable bonds is 1. The van der Waals surface area contributed by atoms with E-state index in [-0.39, 0.29) is 11.2 Å². The molecule has 0 saturated carbocycles. The maximum Gasteiger partial charge on any atom is 0.222 e. The number of pyridine rings is 1. The van der Waals surface area contributed by atoms with Crippen LogP contribution in [0.2, 0.25) is 0 Å². The summed E-state index contributed by atoms with van der Waals surface area (Å²) in [5.41, 5.74) is 5.52. The Morgan fingerprint density at radius 1 is 0.879 bits per heavy atom. The highest BCUT2D eigenvalue weighted by atomic mass is 32.2. The summed E-state index contributed by atoms with van der Waals surface area (Å²) in [7, 11) is 2.14. The summed E-state index contributed by atoms with van der Waals surface area (Å²) in [4.78, 5) is 2.60. The van der Waals surface area contributed by atoms with Crippen molar-refractivity contribution in [2.75, 3.05) is 0 Å². The summed E-state index contributed by atoms with van der Waals surface area (Å²) >= 11 is 1.88. The minimum Gasteiger partial charge on any atom is -0.207 e. The van der Waals surface area contributed by atoms with Gasteiger partial charge in [-0.2, -0.15) is 0 Å². The Hall–Kier alpha value is -2.91. The zero-order valence-electron chi connectivity index (χ0n) is 19.7. The van der Waals surface area contributed by atoms with Gasteiger partial charge in [-0.25, -0.2) is 8.96 Å². The molecule has 0 atom stereocenters. The molecule has 4 aromatic carbocycles. The number of aryl methyl sites for hydroxylation is 2. The highest BCUT2D eigenvalue weighted by molar-refractivity contribution is 8.00. The van der Waals surface area contributed by atoms with Crippen molar-refractivity contribution >= 4 is 44.1 Å². The van der Waals surface area contributed by atoms with Gasteiger partial charge in [0.05, 0.1) is 10.9 Å². The molecule has 0 radical (unpaired) electrons. The molecule has 3 heteroatoms. The van der Waals surface area contributed by atoms with Crippen LogP contribution in [0.25, 0.3) is 43.6 Å². The van der Waals surface area contributed by atoms with Gasteiger partial charge in [0.2, 0.25) is 5.69 Å². The fraction of sp³-hybridized carbons (Fsp3) is 0.233. The molecule has 0 N–H and O–H groups in total.